The van der Waals surface area contributed by atoms with Crippen LogP contribution in [-0.4, -0.2) is 23.1 Å². The van der Waals surface area contributed by atoms with Crippen LogP contribution in [0.5, 0.6) is 0 Å². The summed E-state index contributed by atoms with van der Waals surface area (Å²) in [6, 6.07) is 8.00. The number of carbonyl (C=O) groups excluding carboxylic acids is 1. The second-order valence-electron chi connectivity index (χ2n) is 6.52. The number of hydrogen-bond acceptors (Lipinski definition) is 3. The summed E-state index contributed by atoms with van der Waals surface area (Å²) in [4.78, 5) is 14.1. The van der Waals surface area contributed by atoms with E-state index in [1.165, 1.54) is 0 Å². The van der Waals surface area contributed by atoms with Crippen molar-refractivity contribution in [1.29, 1.82) is 5.26 Å². The average Bonchev–Trinajstić information content (AvgIpc) is 2.85. The van der Waals surface area contributed by atoms with E-state index in [4.69, 9.17) is 10.00 Å². The molecule has 1 atom stereocenters. The van der Waals surface area contributed by atoms with Crippen LogP contribution in [0.2, 0.25) is 0 Å². The van der Waals surface area contributed by atoms with Gasteiger partial charge in [0.05, 0.1) is 17.7 Å². The van der Waals surface area contributed by atoms with Crippen molar-refractivity contribution >= 4 is 6.09 Å². The van der Waals surface area contributed by atoms with Gasteiger partial charge < -0.3 is 9.64 Å². The SMILES string of the molecule is Cc1cc([C@@H]2CCCN2C(=O)OC(C)(C)C)ccc1C#N. The minimum absolute atomic E-state index is 0.0475. The summed E-state index contributed by atoms with van der Waals surface area (Å²) >= 11 is 0. The van der Waals surface area contributed by atoms with E-state index in [2.05, 4.69) is 6.07 Å². The lowest BCUT2D eigenvalue weighted by molar-refractivity contribution is 0.0224. The van der Waals surface area contributed by atoms with Gasteiger partial charge in [0, 0.05) is 6.54 Å². The molecule has 1 fully saturated rings. The van der Waals surface area contributed by atoms with E-state index in [0.29, 0.717) is 5.56 Å². The average molecular weight is 286 g/mol. The van der Waals surface area contributed by atoms with E-state index >= 15 is 0 Å². The Morgan fingerprint density at radius 1 is 1.43 bits per heavy atom. The largest absolute Gasteiger partial charge is 0.444 e. The first kappa shape index (κ1) is 15.4. The van der Waals surface area contributed by atoms with E-state index in [1.807, 2.05) is 45.9 Å². The highest BCUT2D eigenvalue weighted by Gasteiger charge is 2.33. The van der Waals surface area contributed by atoms with Gasteiger partial charge in [0.1, 0.15) is 5.60 Å². The van der Waals surface area contributed by atoms with Crippen molar-refractivity contribution in [3.05, 3.63) is 34.9 Å². The molecule has 112 valence electrons. The zero-order valence-corrected chi connectivity index (χ0v) is 13.1. The van der Waals surface area contributed by atoms with Crippen LogP contribution >= 0.6 is 0 Å². The van der Waals surface area contributed by atoms with Gasteiger partial charge in [-0.05, 0) is 57.7 Å². The molecule has 0 bridgehead atoms. The number of aryl methyl sites for hydroxylation is 1. The van der Waals surface area contributed by atoms with Crippen molar-refractivity contribution in [3.63, 3.8) is 0 Å². The van der Waals surface area contributed by atoms with Gasteiger partial charge in [-0.15, -0.1) is 0 Å². The maximum absolute atomic E-state index is 12.3. The molecule has 4 heteroatoms. The molecule has 0 aromatic heterocycles. The highest BCUT2D eigenvalue weighted by Crippen LogP contribution is 2.33. The minimum Gasteiger partial charge on any atom is -0.444 e. The van der Waals surface area contributed by atoms with Crippen LogP contribution in [0.4, 0.5) is 4.79 Å². The Morgan fingerprint density at radius 2 is 2.14 bits per heavy atom. The van der Waals surface area contributed by atoms with E-state index < -0.39 is 5.60 Å². The molecule has 1 saturated heterocycles. The first-order valence-electron chi connectivity index (χ1n) is 7.32. The van der Waals surface area contributed by atoms with Gasteiger partial charge in [-0.2, -0.15) is 5.26 Å². The maximum atomic E-state index is 12.3. The Morgan fingerprint density at radius 3 is 2.71 bits per heavy atom. The summed E-state index contributed by atoms with van der Waals surface area (Å²) in [5, 5.41) is 9.01. The summed E-state index contributed by atoms with van der Waals surface area (Å²) in [5.41, 5.74) is 2.23. The van der Waals surface area contributed by atoms with E-state index in [0.717, 1.165) is 30.5 Å². The normalized spacial score (nSPS) is 18.4. The van der Waals surface area contributed by atoms with Crippen LogP contribution in [-0.2, 0) is 4.74 Å². The predicted molar refractivity (Wildman–Crippen MR) is 80.8 cm³/mol. The lowest BCUT2D eigenvalue weighted by Gasteiger charge is -2.29. The molecule has 0 N–H and O–H groups in total. The molecule has 0 saturated carbocycles. The fourth-order valence-electron chi connectivity index (χ4n) is 2.67. The van der Waals surface area contributed by atoms with Crippen LogP contribution in [0.15, 0.2) is 18.2 Å². The predicted octanol–water partition coefficient (Wildman–Crippen LogP) is 3.94. The Balaban J connectivity index is 2.21. The van der Waals surface area contributed by atoms with Crippen molar-refractivity contribution in [2.75, 3.05) is 6.54 Å². The Hall–Kier alpha value is -2.02. The zero-order chi connectivity index (χ0) is 15.6. The molecule has 1 heterocycles. The monoisotopic (exact) mass is 286 g/mol. The fraction of sp³-hybridized carbons (Fsp3) is 0.529. The van der Waals surface area contributed by atoms with E-state index in [9.17, 15) is 4.79 Å². The third-order valence-corrected chi connectivity index (χ3v) is 3.64. The third kappa shape index (κ3) is 3.55. The summed E-state index contributed by atoms with van der Waals surface area (Å²) in [6.45, 7) is 8.28. The molecule has 2 rings (SSSR count). The molecule has 4 nitrogen and oxygen atoms in total. The number of ether oxygens (including phenoxy) is 1. The first-order chi connectivity index (χ1) is 9.81. The van der Waals surface area contributed by atoms with Crippen LogP contribution < -0.4 is 0 Å². The number of benzene rings is 1. The van der Waals surface area contributed by atoms with Crippen molar-refractivity contribution in [1.82, 2.24) is 4.90 Å². The number of nitrogens with zero attached hydrogens (tertiary/aromatic N) is 2. The molecule has 0 aliphatic carbocycles. The van der Waals surface area contributed by atoms with Gasteiger partial charge in [-0.25, -0.2) is 4.79 Å². The van der Waals surface area contributed by atoms with Crippen molar-refractivity contribution < 1.29 is 9.53 Å². The smallest absolute Gasteiger partial charge is 0.410 e. The first-order valence-corrected chi connectivity index (χ1v) is 7.32. The Kier molecular flexibility index (Phi) is 4.22. The Labute approximate surface area is 126 Å². The van der Waals surface area contributed by atoms with Crippen LogP contribution in [0.1, 0.15) is 56.3 Å². The number of nitriles is 1. The molecular formula is C17H22N2O2. The quantitative estimate of drug-likeness (QED) is 0.785. The Bertz CT molecular complexity index is 581. The molecule has 0 radical (unpaired) electrons. The second kappa shape index (κ2) is 5.77. The third-order valence-electron chi connectivity index (χ3n) is 3.64. The number of likely N-dealkylation sites (tertiary alicyclic amines) is 1. The standard InChI is InChI=1S/C17H22N2O2/c1-12-10-13(7-8-14(12)11-18)15-6-5-9-19(15)16(20)21-17(2,3)4/h7-8,10,15H,5-6,9H2,1-4H3/t15-/m0/s1. The number of carbonyl (C=O) groups is 1. The molecule has 1 aliphatic heterocycles. The van der Waals surface area contributed by atoms with Crippen molar-refractivity contribution in [3.8, 4) is 6.07 Å². The maximum Gasteiger partial charge on any atom is 0.410 e. The molecule has 1 aromatic carbocycles. The summed E-state index contributed by atoms with van der Waals surface area (Å²) in [7, 11) is 0. The molecule has 1 aromatic rings. The lowest BCUT2D eigenvalue weighted by Crippen LogP contribution is -2.36. The van der Waals surface area contributed by atoms with Crippen LogP contribution in [0.3, 0.4) is 0 Å². The van der Waals surface area contributed by atoms with Crippen LogP contribution in [0.25, 0.3) is 0 Å². The summed E-state index contributed by atoms with van der Waals surface area (Å²) in [6.07, 6.45) is 1.65. The fourth-order valence-corrected chi connectivity index (χ4v) is 2.67. The lowest BCUT2D eigenvalue weighted by atomic mass is 9.99. The van der Waals surface area contributed by atoms with Gasteiger partial charge in [0.15, 0.2) is 0 Å². The molecule has 1 amide bonds. The summed E-state index contributed by atoms with van der Waals surface area (Å²) < 4.78 is 5.48. The number of amides is 1. The molecule has 0 spiro atoms. The van der Waals surface area contributed by atoms with E-state index in [1.54, 1.807) is 4.90 Å². The summed E-state index contributed by atoms with van der Waals surface area (Å²) in [5.74, 6) is 0. The van der Waals surface area contributed by atoms with Crippen molar-refractivity contribution in [2.24, 2.45) is 0 Å². The van der Waals surface area contributed by atoms with Gasteiger partial charge in [-0.3, -0.25) is 0 Å². The van der Waals surface area contributed by atoms with Gasteiger partial charge in [0.25, 0.3) is 0 Å². The van der Waals surface area contributed by atoms with Gasteiger partial charge >= 0.3 is 6.09 Å². The van der Waals surface area contributed by atoms with Gasteiger partial charge in [-0.1, -0.05) is 12.1 Å². The molecule has 21 heavy (non-hydrogen) atoms. The highest BCUT2D eigenvalue weighted by atomic mass is 16.6. The molecular weight excluding hydrogens is 264 g/mol. The zero-order valence-electron chi connectivity index (χ0n) is 13.1. The van der Waals surface area contributed by atoms with Crippen LogP contribution in [0, 0.1) is 18.3 Å². The molecule has 1 aliphatic rings. The number of hydrogen-bond donors (Lipinski definition) is 0. The van der Waals surface area contributed by atoms with Crippen molar-refractivity contribution in [2.45, 2.75) is 52.2 Å². The highest BCUT2D eigenvalue weighted by molar-refractivity contribution is 5.69. The molecule has 0 unspecified atom stereocenters. The minimum atomic E-state index is -0.481. The van der Waals surface area contributed by atoms with E-state index in [-0.39, 0.29) is 12.1 Å². The van der Waals surface area contributed by atoms with Gasteiger partial charge in [0.2, 0.25) is 0 Å². The topological polar surface area (TPSA) is 53.3 Å². The second-order valence-corrected chi connectivity index (χ2v) is 6.52. The number of rotatable bonds is 1.